The van der Waals surface area contributed by atoms with E-state index in [0.717, 1.165) is 44.0 Å². The van der Waals surface area contributed by atoms with Crippen LogP contribution in [0.5, 0.6) is 0 Å². The molecule has 0 unspecified atom stereocenters. The first-order valence-electron chi connectivity index (χ1n) is 7.90. The van der Waals surface area contributed by atoms with E-state index in [1.165, 1.54) is 5.56 Å². The summed E-state index contributed by atoms with van der Waals surface area (Å²) in [5, 5.41) is 20.2. The summed E-state index contributed by atoms with van der Waals surface area (Å²) in [5.41, 5.74) is 1.19. The number of carbonyl (C=O) groups excluding carboxylic acids is 1. The summed E-state index contributed by atoms with van der Waals surface area (Å²) in [6.07, 6.45) is 5.26. The van der Waals surface area contributed by atoms with E-state index >= 15 is 0 Å². The van der Waals surface area contributed by atoms with Gasteiger partial charge in [-0.25, -0.2) is 0 Å². The van der Waals surface area contributed by atoms with Crippen molar-refractivity contribution in [3.05, 3.63) is 35.4 Å². The van der Waals surface area contributed by atoms with Crippen LogP contribution in [-0.4, -0.2) is 22.1 Å². The molecule has 0 aliphatic heterocycles. The second-order valence-electron chi connectivity index (χ2n) is 7.07. The maximum Gasteiger partial charge on any atom is 0.123 e. The Labute approximate surface area is 126 Å². The molecule has 1 aromatic carbocycles. The molecule has 0 amide bonds. The van der Waals surface area contributed by atoms with E-state index in [0.29, 0.717) is 5.92 Å². The molecule has 2 aliphatic carbocycles. The van der Waals surface area contributed by atoms with E-state index in [2.05, 4.69) is 19.1 Å². The van der Waals surface area contributed by atoms with Gasteiger partial charge >= 0.3 is 0 Å². The molecule has 2 saturated carbocycles. The molecule has 0 saturated heterocycles. The molecule has 0 spiro atoms. The zero-order chi connectivity index (χ0) is 15.1. The lowest BCUT2D eigenvalue weighted by molar-refractivity contribution is -0.128. The van der Waals surface area contributed by atoms with Gasteiger partial charge in [0.2, 0.25) is 0 Å². The summed E-state index contributed by atoms with van der Waals surface area (Å²) in [5.74, 6) is 0.349. The van der Waals surface area contributed by atoms with E-state index in [1.54, 1.807) is 0 Å². The lowest BCUT2D eigenvalue weighted by atomic mass is 9.59. The fraction of sp³-hybridized carbons (Fsp3) is 0.611. The van der Waals surface area contributed by atoms with Gasteiger partial charge in [0.1, 0.15) is 6.29 Å². The van der Waals surface area contributed by atoms with Crippen LogP contribution < -0.4 is 0 Å². The number of carbonyl (C=O) groups is 1. The molecule has 0 bridgehead atoms. The summed E-state index contributed by atoms with van der Waals surface area (Å²) >= 11 is 0. The normalized spacial score (nSPS) is 39.0. The van der Waals surface area contributed by atoms with Gasteiger partial charge in [-0.15, -0.1) is 0 Å². The minimum absolute atomic E-state index is 0.000199. The minimum atomic E-state index is -0.711. The predicted octanol–water partition coefficient (Wildman–Crippen LogP) is 2.79. The van der Waals surface area contributed by atoms with E-state index < -0.39 is 5.60 Å². The number of aldehydes is 1. The van der Waals surface area contributed by atoms with Crippen molar-refractivity contribution in [2.24, 2.45) is 11.3 Å². The van der Waals surface area contributed by atoms with Crippen LogP contribution in [0.1, 0.15) is 56.1 Å². The smallest absolute Gasteiger partial charge is 0.123 e. The predicted molar refractivity (Wildman–Crippen MR) is 80.8 cm³/mol. The van der Waals surface area contributed by atoms with E-state index in [1.807, 2.05) is 12.1 Å². The second kappa shape index (κ2) is 5.22. The third-order valence-corrected chi connectivity index (χ3v) is 6.14. The van der Waals surface area contributed by atoms with Crippen LogP contribution in [0, 0.1) is 11.3 Å². The van der Waals surface area contributed by atoms with Gasteiger partial charge in [0.15, 0.2) is 0 Å². The van der Waals surface area contributed by atoms with Gasteiger partial charge in [-0.2, -0.15) is 0 Å². The van der Waals surface area contributed by atoms with Crippen molar-refractivity contribution >= 4 is 6.29 Å². The first-order valence-corrected chi connectivity index (χ1v) is 7.90. The second-order valence-corrected chi connectivity index (χ2v) is 7.07. The monoisotopic (exact) mass is 288 g/mol. The summed E-state index contributed by atoms with van der Waals surface area (Å²) in [4.78, 5) is 11.3. The zero-order valence-electron chi connectivity index (χ0n) is 12.6. The third kappa shape index (κ3) is 2.23. The van der Waals surface area contributed by atoms with Crippen molar-refractivity contribution in [1.29, 1.82) is 0 Å². The van der Waals surface area contributed by atoms with Crippen molar-refractivity contribution in [2.45, 2.75) is 57.2 Å². The molecule has 0 aromatic heterocycles. The minimum Gasteiger partial charge on any atom is -0.392 e. The Morgan fingerprint density at radius 2 is 1.95 bits per heavy atom. The Kier molecular flexibility index (Phi) is 3.66. The summed E-state index contributed by atoms with van der Waals surface area (Å²) in [6.45, 7) is 2.15. The lowest BCUT2D eigenvalue weighted by Crippen LogP contribution is -2.49. The Hall–Kier alpha value is -1.19. The number of hydrogen-bond acceptors (Lipinski definition) is 3. The SMILES string of the molecule is C[C@]12CC[C@H](c3ccc(CO)cc3)C[C@@]1(O)CC[C@@H]2C=O. The van der Waals surface area contributed by atoms with Gasteiger partial charge in [-0.3, -0.25) is 0 Å². The van der Waals surface area contributed by atoms with E-state index in [4.69, 9.17) is 5.11 Å². The Morgan fingerprint density at radius 1 is 1.24 bits per heavy atom. The van der Waals surface area contributed by atoms with E-state index in [9.17, 15) is 9.90 Å². The highest BCUT2D eigenvalue weighted by Crippen LogP contribution is 2.60. The van der Waals surface area contributed by atoms with Gasteiger partial charge < -0.3 is 15.0 Å². The Morgan fingerprint density at radius 3 is 2.57 bits per heavy atom. The Balaban J connectivity index is 1.82. The van der Waals surface area contributed by atoms with Gasteiger partial charge in [0.25, 0.3) is 0 Å². The standard InChI is InChI=1S/C18H24O3/c1-17-8-6-15(14-4-2-13(11-19)3-5-14)10-18(17,21)9-7-16(17)12-20/h2-5,12,15-16,19,21H,6-11H2,1H3/t15-,16+,17+,18-/m0/s1. The highest BCUT2D eigenvalue weighted by atomic mass is 16.3. The van der Waals surface area contributed by atoms with Crippen molar-refractivity contribution < 1.29 is 15.0 Å². The molecule has 21 heavy (non-hydrogen) atoms. The largest absolute Gasteiger partial charge is 0.392 e. The molecule has 2 fully saturated rings. The topological polar surface area (TPSA) is 57.5 Å². The molecule has 114 valence electrons. The van der Waals surface area contributed by atoms with Gasteiger partial charge in [0, 0.05) is 11.3 Å². The Bertz CT molecular complexity index is 524. The molecule has 0 heterocycles. The first-order chi connectivity index (χ1) is 10.0. The quantitative estimate of drug-likeness (QED) is 0.841. The average molecular weight is 288 g/mol. The van der Waals surface area contributed by atoms with Crippen LogP contribution in [0.15, 0.2) is 24.3 Å². The molecule has 4 atom stereocenters. The number of rotatable bonds is 3. The lowest BCUT2D eigenvalue weighted by Gasteiger charge is -2.48. The van der Waals surface area contributed by atoms with Gasteiger partial charge in [-0.1, -0.05) is 31.2 Å². The van der Waals surface area contributed by atoms with Crippen LogP contribution >= 0.6 is 0 Å². The first kappa shape index (κ1) is 14.7. The van der Waals surface area contributed by atoms with Crippen LogP contribution in [0.4, 0.5) is 0 Å². The van der Waals surface area contributed by atoms with E-state index in [-0.39, 0.29) is 17.9 Å². The number of benzene rings is 1. The number of aliphatic hydroxyl groups is 2. The molecule has 3 rings (SSSR count). The van der Waals surface area contributed by atoms with Gasteiger partial charge in [-0.05, 0) is 49.1 Å². The third-order valence-electron chi connectivity index (χ3n) is 6.14. The van der Waals surface area contributed by atoms with Crippen molar-refractivity contribution in [2.75, 3.05) is 0 Å². The maximum atomic E-state index is 11.3. The van der Waals surface area contributed by atoms with Crippen LogP contribution in [0.3, 0.4) is 0 Å². The molecule has 0 radical (unpaired) electrons. The van der Waals surface area contributed by atoms with Crippen LogP contribution in [-0.2, 0) is 11.4 Å². The molecular formula is C18H24O3. The average Bonchev–Trinajstić information content (AvgIpc) is 2.77. The molecule has 2 N–H and O–H groups in total. The summed E-state index contributed by atoms with van der Waals surface area (Å²) in [7, 11) is 0. The molecule has 1 aromatic rings. The fourth-order valence-electron chi connectivity index (χ4n) is 4.48. The molecule has 3 nitrogen and oxygen atoms in total. The van der Waals surface area contributed by atoms with Crippen molar-refractivity contribution in [1.82, 2.24) is 0 Å². The molecule has 3 heteroatoms. The zero-order valence-corrected chi connectivity index (χ0v) is 12.6. The maximum absolute atomic E-state index is 11.3. The molecule has 2 aliphatic rings. The summed E-state index contributed by atoms with van der Waals surface area (Å²) < 4.78 is 0. The van der Waals surface area contributed by atoms with Crippen LogP contribution in [0.25, 0.3) is 0 Å². The van der Waals surface area contributed by atoms with Crippen molar-refractivity contribution in [3.8, 4) is 0 Å². The molecular weight excluding hydrogens is 264 g/mol. The summed E-state index contributed by atoms with van der Waals surface area (Å²) in [6, 6.07) is 8.04. The number of hydrogen-bond donors (Lipinski definition) is 2. The fourth-order valence-corrected chi connectivity index (χ4v) is 4.48. The van der Waals surface area contributed by atoms with Gasteiger partial charge in [0.05, 0.1) is 12.2 Å². The number of fused-ring (bicyclic) bond motifs is 1. The highest BCUT2D eigenvalue weighted by Gasteiger charge is 2.58. The highest BCUT2D eigenvalue weighted by molar-refractivity contribution is 5.57. The van der Waals surface area contributed by atoms with Crippen molar-refractivity contribution in [3.63, 3.8) is 0 Å². The van der Waals surface area contributed by atoms with Crippen LogP contribution in [0.2, 0.25) is 0 Å². The number of aliphatic hydroxyl groups excluding tert-OH is 1.